The van der Waals surface area contributed by atoms with E-state index in [1.165, 1.54) is 11.0 Å². The van der Waals surface area contributed by atoms with Crippen LogP contribution in [0.2, 0.25) is 0 Å². The average Bonchev–Trinajstić information content (AvgIpc) is 2.59. The quantitative estimate of drug-likeness (QED) is 0.846. The third kappa shape index (κ3) is 2.74. The molecule has 19 heavy (non-hydrogen) atoms. The highest BCUT2D eigenvalue weighted by Gasteiger charge is 2.37. The Morgan fingerprint density at radius 1 is 1.42 bits per heavy atom. The molecule has 0 fully saturated rings. The van der Waals surface area contributed by atoms with E-state index < -0.39 is 17.7 Å². The van der Waals surface area contributed by atoms with Crippen LogP contribution in [-0.2, 0) is 4.79 Å². The summed E-state index contributed by atoms with van der Waals surface area (Å²) in [5.41, 5.74) is 6.08. The summed E-state index contributed by atoms with van der Waals surface area (Å²) >= 11 is 1.76. The van der Waals surface area contributed by atoms with Crippen molar-refractivity contribution < 1.29 is 13.6 Å². The van der Waals surface area contributed by atoms with E-state index in [4.69, 9.17) is 5.73 Å². The molecule has 3 nitrogen and oxygen atoms in total. The maximum absolute atomic E-state index is 13.7. The van der Waals surface area contributed by atoms with Crippen LogP contribution in [0.15, 0.2) is 12.1 Å². The van der Waals surface area contributed by atoms with E-state index in [1.54, 1.807) is 11.8 Å². The smallest absolute Gasteiger partial charge is 0.248 e. The first kappa shape index (κ1) is 14.3. The molecule has 1 unspecified atom stereocenters. The molecule has 1 aliphatic heterocycles. The fourth-order valence-corrected chi connectivity index (χ4v) is 2.83. The zero-order chi connectivity index (χ0) is 14.0. The van der Waals surface area contributed by atoms with Crippen LogP contribution < -0.4 is 10.6 Å². The molecule has 1 amide bonds. The molecule has 0 saturated carbocycles. The highest BCUT2D eigenvalue weighted by Crippen LogP contribution is 2.37. The molecule has 0 radical (unpaired) electrons. The summed E-state index contributed by atoms with van der Waals surface area (Å²) < 4.78 is 27.0. The van der Waals surface area contributed by atoms with Crippen molar-refractivity contribution in [2.75, 3.05) is 23.0 Å². The van der Waals surface area contributed by atoms with E-state index in [1.807, 2.05) is 0 Å². The first-order valence-electron chi connectivity index (χ1n) is 6.20. The van der Waals surface area contributed by atoms with Gasteiger partial charge >= 0.3 is 0 Å². The molecule has 1 aromatic rings. The predicted molar refractivity (Wildman–Crippen MR) is 73.3 cm³/mol. The summed E-state index contributed by atoms with van der Waals surface area (Å²) in [6.45, 7) is 2.50. The zero-order valence-electron chi connectivity index (χ0n) is 10.7. The number of hydrogen-bond donors (Lipinski definition) is 1. The maximum atomic E-state index is 13.7. The van der Waals surface area contributed by atoms with Gasteiger partial charge in [-0.2, -0.15) is 11.8 Å². The van der Waals surface area contributed by atoms with E-state index in [0.717, 1.165) is 24.0 Å². The molecule has 6 heteroatoms. The summed E-state index contributed by atoms with van der Waals surface area (Å²) in [6.07, 6.45) is 0.772. The van der Waals surface area contributed by atoms with Crippen LogP contribution in [0.3, 0.4) is 0 Å². The first-order chi connectivity index (χ1) is 9.06. The molecule has 0 saturated heterocycles. The van der Waals surface area contributed by atoms with Crippen molar-refractivity contribution >= 4 is 23.4 Å². The van der Waals surface area contributed by atoms with Crippen LogP contribution >= 0.6 is 11.8 Å². The normalized spacial score (nSPS) is 18.0. The third-order valence-corrected chi connectivity index (χ3v) is 4.07. The van der Waals surface area contributed by atoms with Crippen LogP contribution in [-0.4, -0.2) is 24.0 Å². The summed E-state index contributed by atoms with van der Waals surface area (Å²) in [5.74, 6) is 0.115. The highest BCUT2D eigenvalue weighted by atomic mass is 32.2. The Hall–Kier alpha value is -1.14. The van der Waals surface area contributed by atoms with Crippen molar-refractivity contribution in [3.8, 4) is 0 Å². The number of carbonyl (C=O) groups excluding carboxylic acids is 1. The second-order valence-corrected chi connectivity index (χ2v) is 5.73. The van der Waals surface area contributed by atoms with Gasteiger partial charge in [0.05, 0.1) is 5.69 Å². The van der Waals surface area contributed by atoms with E-state index in [0.29, 0.717) is 6.54 Å². The molecular formula is C13H16F2N2OS. The van der Waals surface area contributed by atoms with Crippen molar-refractivity contribution in [3.05, 3.63) is 29.3 Å². The number of carbonyl (C=O) groups is 1. The van der Waals surface area contributed by atoms with Gasteiger partial charge in [0.15, 0.2) is 0 Å². The molecule has 0 aromatic heterocycles. The minimum absolute atomic E-state index is 0.106. The molecule has 1 aliphatic rings. The Kier molecular flexibility index (Phi) is 4.42. The van der Waals surface area contributed by atoms with Gasteiger partial charge in [0, 0.05) is 18.2 Å². The second kappa shape index (κ2) is 5.88. The number of anilines is 1. The van der Waals surface area contributed by atoms with E-state index in [-0.39, 0.29) is 17.2 Å². The first-order valence-corrected chi connectivity index (χ1v) is 7.35. The summed E-state index contributed by atoms with van der Waals surface area (Å²) in [5, 5.41) is 0. The van der Waals surface area contributed by atoms with E-state index in [9.17, 15) is 13.6 Å². The Balaban J connectivity index is 2.21. The van der Waals surface area contributed by atoms with Gasteiger partial charge in [-0.15, -0.1) is 0 Å². The summed E-state index contributed by atoms with van der Waals surface area (Å²) in [4.78, 5) is 13.4. The summed E-state index contributed by atoms with van der Waals surface area (Å²) in [6, 6.07) is 0.924. The molecular weight excluding hydrogens is 270 g/mol. The molecule has 0 aliphatic carbocycles. The zero-order valence-corrected chi connectivity index (χ0v) is 11.5. The van der Waals surface area contributed by atoms with Gasteiger partial charge in [0.2, 0.25) is 5.91 Å². The van der Waals surface area contributed by atoms with Crippen LogP contribution in [0.4, 0.5) is 14.5 Å². The van der Waals surface area contributed by atoms with Crippen LogP contribution in [0.25, 0.3) is 0 Å². The number of halogens is 2. The SMILES string of the molecule is CCSCCCN1C(=O)C(N)c2c(F)cc(F)cc21. The lowest BCUT2D eigenvalue weighted by molar-refractivity contribution is -0.119. The molecule has 1 atom stereocenters. The van der Waals surface area contributed by atoms with Crippen molar-refractivity contribution in [1.29, 1.82) is 0 Å². The summed E-state index contributed by atoms with van der Waals surface area (Å²) in [7, 11) is 0. The Morgan fingerprint density at radius 2 is 2.16 bits per heavy atom. The van der Waals surface area contributed by atoms with Crippen molar-refractivity contribution in [1.82, 2.24) is 0 Å². The van der Waals surface area contributed by atoms with Gasteiger partial charge in [0.25, 0.3) is 0 Å². The lowest BCUT2D eigenvalue weighted by atomic mass is 10.1. The second-order valence-electron chi connectivity index (χ2n) is 4.34. The van der Waals surface area contributed by atoms with Crippen molar-refractivity contribution in [3.63, 3.8) is 0 Å². The van der Waals surface area contributed by atoms with Gasteiger partial charge in [-0.05, 0) is 24.0 Å². The average molecular weight is 286 g/mol. The molecule has 0 spiro atoms. The predicted octanol–water partition coefficient (Wildman–Crippen LogP) is 2.45. The number of nitrogens with zero attached hydrogens (tertiary/aromatic N) is 1. The molecule has 1 aromatic carbocycles. The fourth-order valence-electron chi connectivity index (χ4n) is 2.21. The minimum Gasteiger partial charge on any atom is -0.316 e. The van der Waals surface area contributed by atoms with E-state index >= 15 is 0 Å². The van der Waals surface area contributed by atoms with Crippen molar-refractivity contribution in [2.45, 2.75) is 19.4 Å². The van der Waals surface area contributed by atoms with Gasteiger partial charge in [0.1, 0.15) is 17.7 Å². The molecule has 2 rings (SSSR count). The number of fused-ring (bicyclic) bond motifs is 1. The van der Waals surface area contributed by atoms with Crippen molar-refractivity contribution in [2.24, 2.45) is 5.73 Å². The van der Waals surface area contributed by atoms with Crippen LogP contribution in [0.5, 0.6) is 0 Å². The number of hydrogen-bond acceptors (Lipinski definition) is 3. The van der Waals surface area contributed by atoms with Crippen LogP contribution in [0.1, 0.15) is 24.9 Å². The maximum Gasteiger partial charge on any atom is 0.248 e. The van der Waals surface area contributed by atoms with Gasteiger partial charge < -0.3 is 10.6 Å². The molecule has 2 N–H and O–H groups in total. The highest BCUT2D eigenvalue weighted by molar-refractivity contribution is 7.99. The Morgan fingerprint density at radius 3 is 2.84 bits per heavy atom. The lowest BCUT2D eigenvalue weighted by Gasteiger charge is -2.17. The van der Waals surface area contributed by atoms with Gasteiger partial charge in [-0.3, -0.25) is 4.79 Å². The number of thioether (sulfide) groups is 1. The van der Waals surface area contributed by atoms with E-state index in [2.05, 4.69) is 6.92 Å². The third-order valence-electron chi connectivity index (χ3n) is 3.08. The number of nitrogens with two attached hydrogens (primary N) is 1. The van der Waals surface area contributed by atoms with Gasteiger partial charge in [-0.1, -0.05) is 6.92 Å². The standard InChI is InChI=1S/C13H16F2N2OS/c1-2-19-5-3-4-17-10-7-8(14)6-9(15)11(10)12(16)13(17)18/h6-7,12H,2-5,16H2,1H3. The Labute approximate surface area is 115 Å². The topological polar surface area (TPSA) is 46.3 Å². The molecule has 1 heterocycles. The molecule has 0 bridgehead atoms. The minimum atomic E-state index is -1.02. The number of benzene rings is 1. The lowest BCUT2D eigenvalue weighted by Crippen LogP contribution is -2.32. The number of rotatable bonds is 5. The molecule has 104 valence electrons. The fraction of sp³-hybridized carbons (Fsp3) is 0.462. The van der Waals surface area contributed by atoms with Crippen LogP contribution in [0, 0.1) is 11.6 Å². The monoisotopic (exact) mass is 286 g/mol. The van der Waals surface area contributed by atoms with Gasteiger partial charge in [-0.25, -0.2) is 8.78 Å². The number of amides is 1. The largest absolute Gasteiger partial charge is 0.316 e. The Bertz CT molecular complexity index is 496.